The Bertz CT molecular complexity index is 351. The average Bonchev–Trinajstić information content (AvgIpc) is 2.85. The number of ether oxygens (including phenoxy) is 1. The van der Waals surface area contributed by atoms with Gasteiger partial charge in [-0.25, -0.2) is 0 Å². The Kier molecular flexibility index (Phi) is 5.07. The van der Waals surface area contributed by atoms with Gasteiger partial charge in [0.15, 0.2) is 0 Å². The van der Waals surface area contributed by atoms with Gasteiger partial charge >= 0.3 is 5.97 Å². The molecule has 0 aromatic heterocycles. The molecular formula is C12H20N2O3S. The van der Waals surface area contributed by atoms with E-state index in [1.165, 1.54) is 12.0 Å². The molecule has 1 amide bonds. The van der Waals surface area contributed by atoms with Crippen LogP contribution in [0.3, 0.4) is 0 Å². The quantitative estimate of drug-likeness (QED) is 0.593. The molecule has 0 aliphatic heterocycles. The summed E-state index contributed by atoms with van der Waals surface area (Å²) in [6.07, 6.45) is 3.25. The van der Waals surface area contributed by atoms with E-state index in [1.807, 2.05) is 6.92 Å². The van der Waals surface area contributed by atoms with Crippen LogP contribution in [0.15, 0.2) is 0 Å². The van der Waals surface area contributed by atoms with Crippen molar-refractivity contribution >= 4 is 29.1 Å². The molecule has 0 bridgehead atoms. The van der Waals surface area contributed by atoms with Crippen LogP contribution < -0.4 is 5.73 Å². The highest BCUT2D eigenvalue weighted by Gasteiger charge is 2.46. The number of nitrogens with two attached hydrogens (primary N) is 1. The van der Waals surface area contributed by atoms with E-state index in [-0.39, 0.29) is 17.4 Å². The molecule has 6 heteroatoms. The molecule has 102 valence electrons. The summed E-state index contributed by atoms with van der Waals surface area (Å²) in [5, 5.41) is 0. The number of esters is 1. The van der Waals surface area contributed by atoms with Gasteiger partial charge in [0.25, 0.3) is 0 Å². The van der Waals surface area contributed by atoms with Gasteiger partial charge in [0.1, 0.15) is 6.54 Å². The van der Waals surface area contributed by atoms with E-state index in [4.69, 9.17) is 18.0 Å². The third-order valence-electron chi connectivity index (χ3n) is 3.55. The Labute approximate surface area is 113 Å². The van der Waals surface area contributed by atoms with E-state index in [0.29, 0.717) is 19.4 Å². The van der Waals surface area contributed by atoms with E-state index < -0.39 is 11.4 Å². The average molecular weight is 272 g/mol. The minimum Gasteiger partial charge on any atom is -0.468 e. The summed E-state index contributed by atoms with van der Waals surface area (Å²) in [6, 6.07) is 0. The number of methoxy groups -OCH3 is 1. The largest absolute Gasteiger partial charge is 0.468 e. The van der Waals surface area contributed by atoms with E-state index in [1.54, 1.807) is 0 Å². The van der Waals surface area contributed by atoms with Gasteiger partial charge in [-0.1, -0.05) is 25.1 Å². The lowest BCUT2D eigenvalue weighted by atomic mass is 9.84. The molecule has 0 saturated heterocycles. The topological polar surface area (TPSA) is 72.6 Å². The van der Waals surface area contributed by atoms with Crippen molar-refractivity contribution < 1.29 is 14.3 Å². The van der Waals surface area contributed by atoms with Gasteiger partial charge in [0.2, 0.25) is 5.91 Å². The van der Waals surface area contributed by atoms with E-state index in [9.17, 15) is 9.59 Å². The molecule has 1 aliphatic carbocycles. The number of likely N-dealkylation sites (N-methyl/N-ethyl adjacent to an activating group) is 1. The van der Waals surface area contributed by atoms with Gasteiger partial charge < -0.3 is 15.4 Å². The van der Waals surface area contributed by atoms with Crippen LogP contribution in [0.25, 0.3) is 0 Å². The molecule has 5 nitrogen and oxygen atoms in total. The molecule has 1 saturated carbocycles. The number of nitrogens with zero attached hydrogens (tertiary/aromatic N) is 1. The van der Waals surface area contributed by atoms with Crippen LogP contribution >= 0.6 is 12.2 Å². The van der Waals surface area contributed by atoms with Crippen LogP contribution in [0.2, 0.25) is 0 Å². The SMILES string of the molecule is CCN(CC(=O)OC)C(=O)C1(C(N)=S)CCCC1. The van der Waals surface area contributed by atoms with Crippen LogP contribution in [-0.4, -0.2) is 42.0 Å². The zero-order valence-corrected chi connectivity index (χ0v) is 11.7. The van der Waals surface area contributed by atoms with Crippen molar-refractivity contribution in [1.82, 2.24) is 4.90 Å². The maximum Gasteiger partial charge on any atom is 0.325 e. The lowest BCUT2D eigenvalue weighted by Gasteiger charge is -2.32. The fourth-order valence-corrected chi connectivity index (χ4v) is 2.69. The van der Waals surface area contributed by atoms with Gasteiger partial charge in [-0.2, -0.15) is 0 Å². The number of hydrogen-bond donors (Lipinski definition) is 1. The third-order valence-corrected chi connectivity index (χ3v) is 3.95. The molecule has 2 N–H and O–H groups in total. The first kappa shape index (κ1) is 14.9. The summed E-state index contributed by atoms with van der Waals surface area (Å²) in [6.45, 7) is 2.22. The third kappa shape index (κ3) is 2.80. The minimum atomic E-state index is -0.751. The second-order valence-corrected chi connectivity index (χ2v) is 4.99. The fourth-order valence-electron chi connectivity index (χ4n) is 2.39. The van der Waals surface area contributed by atoms with Gasteiger partial charge in [0, 0.05) is 6.54 Å². The number of rotatable bonds is 5. The van der Waals surface area contributed by atoms with Crippen molar-refractivity contribution in [3.05, 3.63) is 0 Å². The molecule has 0 atom stereocenters. The molecule has 18 heavy (non-hydrogen) atoms. The minimum absolute atomic E-state index is 0.0454. The van der Waals surface area contributed by atoms with Crippen molar-refractivity contribution in [3.8, 4) is 0 Å². The molecule has 0 radical (unpaired) electrons. The molecule has 0 aromatic carbocycles. The fraction of sp³-hybridized carbons (Fsp3) is 0.750. The predicted octanol–water partition coefficient (Wildman–Crippen LogP) is 0.854. The van der Waals surface area contributed by atoms with Crippen LogP contribution in [0.4, 0.5) is 0 Å². The van der Waals surface area contributed by atoms with Crippen molar-refractivity contribution in [2.24, 2.45) is 11.1 Å². The molecular weight excluding hydrogens is 252 g/mol. The summed E-state index contributed by atoms with van der Waals surface area (Å²) in [4.78, 5) is 25.5. The Morgan fingerprint density at radius 2 is 1.94 bits per heavy atom. The molecule has 1 aliphatic rings. The van der Waals surface area contributed by atoms with Crippen molar-refractivity contribution in [2.45, 2.75) is 32.6 Å². The maximum absolute atomic E-state index is 12.5. The maximum atomic E-state index is 12.5. The monoisotopic (exact) mass is 272 g/mol. The highest BCUT2D eigenvalue weighted by molar-refractivity contribution is 7.80. The molecule has 0 spiro atoms. The Balaban J connectivity index is 2.87. The lowest BCUT2D eigenvalue weighted by molar-refractivity contribution is -0.149. The zero-order chi connectivity index (χ0) is 13.8. The van der Waals surface area contributed by atoms with Crippen LogP contribution in [-0.2, 0) is 14.3 Å². The van der Waals surface area contributed by atoms with E-state index in [0.717, 1.165) is 12.8 Å². The number of carbonyl (C=O) groups excluding carboxylic acids is 2. The van der Waals surface area contributed by atoms with Gasteiger partial charge in [-0.3, -0.25) is 9.59 Å². The van der Waals surface area contributed by atoms with Crippen molar-refractivity contribution in [2.75, 3.05) is 20.2 Å². The highest BCUT2D eigenvalue weighted by atomic mass is 32.1. The number of thiocarbonyl (C=S) groups is 1. The summed E-state index contributed by atoms with van der Waals surface area (Å²) in [7, 11) is 1.31. The number of hydrogen-bond acceptors (Lipinski definition) is 4. The second kappa shape index (κ2) is 6.13. The first-order chi connectivity index (χ1) is 8.47. The van der Waals surface area contributed by atoms with E-state index >= 15 is 0 Å². The second-order valence-electron chi connectivity index (χ2n) is 4.55. The van der Waals surface area contributed by atoms with Crippen molar-refractivity contribution in [1.29, 1.82) is 0 Å². The Morgan fingerprint density at radius 3 is 2.33 bits per heavy atom. The zero-order valence-electron chi connectivity index (χ0n) is 10.9. The molecule has 0 aromatic rings. The van der Waals surface area contributed by atoms with Crippen molar-refractivity contribution in [3.63, 3.8) is 0 Å². The molecule has 0 unspecified atom stereocenters. The summed E-state index contributed by atoms with van der Waals surface area (Å²) in [5.41, 5.74) is 5.01. The van der Waals surface area contributed by atoms with Crippen LogP contribution in [0.5, 0.6) is 0 Å². The highest BCUT2D eigenvalue weighted by Crippen LogP contribution is 2.40. The summed E-state index contributed by atoms with van der Waals surface area (Å²) >= 11 is 5.07. The number of amides is 1. The molecule has 1 fully saturated rings. The first-order valence-electron chi connectivity index (χ1n) is 6.14. The predicted molar refractivity (Wildman–Crippen MR) is 72.0 cm³/mol. The molecule has 1 rings (SSSR count). The van der Waals surface area contributed by atoms with Crippen LogP contribution in [0, 0.1) is 5.41 Å². The first-order valence-corrected chi connectivity index (χ1v) is 6.55. The normalized spacial score (nSPS) is 17.2. The standard InChI is InChI=1S/C12H20N2O3S/c1-3-14(8-9(15)17-2)11(16)12(10(13)18)6-4-5-7-12/h3-8H2,1-2H3,(H2,13,18). The Morgan fingerprint density at radius 1 is 1.39 bits per heavy atom. The van der Waals surface area contributed by atoms with E-state index in [2.05, 4.69) is 4.74 Å². The summed E-state index contributed by atoms with van der Waals surface area (Å²) < 4.78 is 4.59. The van der Waals surface area contributed by atoms with Crippen LogP contribution in [0.1, 0.15) is 32.6 Å². The summed E-state index contributed by atoms with van der Waals surface area (Å²) in [5.74, 6) is -0.568. The smallest absolute Gasteiger partial charge is 0.325 e. The molecule has 0 heterocycles. The van der Waals surface area contributed by atoms with Gasteiger partial charge in [-0.15, -0.1) is 0 Å². The van der Waals surface area contributed by atoms with Gasteiger partial charge in [0.05, 0.1) is 17.5 Å². The Hall–Kier alpha value is -1.17. The van der Waals surface area contributed by atoms with Gasteiger partial charge in [-0.05, 0) is 19.8 Å². The number of carbonyl (C=O) groups is 2. The lowest BCUT2D eigenvalue weighted by Crippen LogP contribution is -2.50.